The molecule has 0 aliphatic rings. The minimum absolute atomic E-state index is 0.303. The van der Waals surface area contributed by atoms with Crippen LogP contribution in [0.5, 0.6) is 17.2 Å². The van der Waals surface area contributed by atoms with Crippen molar-refractivity contribution in [3.8, 4) is 17.2 Å². The summed E-state index contributed by atoms with van der Waals surface area (Å²) in [6.07, 6.45) is 3.41. The van der Waals surface area contributed by atoms with Crippen LogP contribution in [0.3, 0.4) is 0 Å². The van der Waals surface area contributed by atoms with Gasteiger partial charge in [-0.2, -0.15) is 0 Å². The van der Waals surface area contributed by atoms with E-state index in [1.54, 1.807) is 75.8 Å². The third-order valence-electron chi connectivity index (χ3n) is 4.30. The molecule has 0 saturated heterocycles. The van der Waals surface area contributed by atoms with Crippen molar-refractivity contribution in [3.63, 3.8) is 0 Å². The van der Waals surface area contributed by atoms with Gasteiger partial charge in [0, 0.05) is 29.2 Å². The number of anilines is 1. The minimum atomic E-state index is -1.11. The maximum absolute atomic E-state index is 12.8. The van der Waals surface area contributed by atoms with Crippen LogP contribution in [0, 0.1) is 0 Å². The van der Waals surface area contributed by atoms with E-state index in [4.69, 9.17) is 25.8 Å². The van der Waals surface area contributed by atoms with Crippen LogP contribution in [0.15, 0.2) is 67.0 Å². The Bertz CT molecular complexity index is 992. The number of halogens is 1. The molecule has 7 heteroatoms. The average Bonchev–Trinajstić information content (AvgIpc) is 2.74. The van der Waals surface area contributed by atoms with Gasteiger partial charge in [-0.05, 0) is 67.9 Å². The first kappa shape index (κ1) is 21.5. The first-order chi connectivity index (χ1) is 14.4. The molecule has 30 heavy (non-hydrogen) atoms. The molecule has 1 amide bonds. The Kier molecular flexibility index (Phi) is 6.79. The molecule has 156 valence electrons. The summed E-state index contributed by atoms with van der Waals surface area (Å²) in [6, 6.07) is 15.8. The minimum Gasteiger partial charge on any atom is -0.493 e. The van der Waals surface area contributed by atoms with E-state index in [2.05, 4.69) is 10.3 Å². The molecule has 3 rings (SSSR count). The summed E-state index contributed by atoms with van der Waals surface area (Å²) in [5, 5.41) is 3.47. The number of hydrogen-bond donors (Lipinski definition) is 1. The fraction of sp³-hybridized carbons (Fsp3) is 0.217. The predicted octanol–water partition coefficient (Wildman–Crippen LogP) is 5.12. The highest BCUT2D eigenvalue weighted by molar-refractivity contribution is 6.30. The first-order valence-electron chi connectivity index (χ1n) is 9.33. The largest absolute Gasteiger partial charge is 0.493 e. The highest BCUT2D eigenvalue weighted by Gasteiger charge is 2.30. The number of rotatable bonds is 8. The zero-order valence-corrected chi connectivity index (χ0v) is 17.8. The number of ether oxygens (including phenoxy) is 3. The smallest absolute Gasteiger partial charge is 0.267 e. The van der Waals surface area contributed by atoms with E-state index in [9.17, 15) is 4.79 Å². The fourth-order valence-electron chi connectivity index (χ4n) is 2.63. The van der Waals surface area contributed by atoms with E-state index in [0.717, 1.165) is 5.56 Å². The van der Waals surface area contributed by atoms with Gasteiger partial charge in [0.05, 0.1) is 7.11 Å². The summed E-state index contributed by atoms with van der Waals surface area (Å²) < 4.78 is 17.1. The molecule has 0 bridgehead atoms. The average molecular weight is 427 g/mol. The molecule has 0 saturated carbocycles. The molecule has 1 aromatic heterocycles. The molecular weight excluding hydrogens is 404 g/mol. The SMILES string of the molecule is COc1ccc(NC(=O)C(C)(C)Oc2ccc(Cl)cc2)cc1OCc1ccncc1. The molecule has 0 radical (unpaired) electrons. The van der Waals surface area contributed by atoms with Crippen LogP contribution in [0.4, 0.5) is 5.69 Å². The Morgan fingerprint density at radius 3 is 2.40 bits per heavy atom. The van der Waals surface area contributed by atoms with Crippen molar-refractivity contribution >= 4 is 23.2 Å². The van der Waals surface area contributed by atoms with Crippen molar-refractivity contribution in [2.75, 3.05) is 12.4 Å². The number of pyridine rings is 1. The van der Waals surface area contributed by atoms with Crippen LogP contribution in [0.2, 0.25) is 5.02 Å². The van der Waals surface area contributed by atoms with E-state index in [0.29, 0.717) is 34.6 Å². The van der Waals surface area contributed by atoms with Crippen LogP contribution in [0.1, 0.15) is 19.4 Å². The number of benzene rings is 2. The quantitative estimate of drug-likeness (QED) is 0.541. The molecule has 0 atom stereocenters. The number of nitrogens with one attached hydrogen (secondary N) is 1. The number of hydrogen-bond acceptors (Lipinski definition) is 5. The molecule has 1 N–H and O–H groups in total. The van der Waals surface area contributed by atoms with Crippen molar-refractivity contribution in [1.82, 2.24) is 4.98 Å². The molecule has 1 heterocycles. The normalized spacial score (nSPS) is 10.9. The molecule has 0 fully saturated rings. The maximum atomic E-state index is 12.8. The van der Waals surface area contributed by atoms with Gasteiger partial charge in [0.1, 0.15) is 12.4 Å². The number of amides is 1. The van der Waals surface area contributed by atoms with E-state index in [-0.39, 0.29) is 5.91 Å². The van der Waals surface area contributed by atoms with E-state index in [1.165, 1.54) is 0 Å². The lowest BCUT2D eigenvalue weighted by Gasteiger charge is -2.25. The summed E-state index contributed by atoms with van der Waals surface area (Å²) in [7, 11) is 1.57. The van der Waals surface area contributed by atoms with Gasteiger partial charge < -0.3 is 19.5 Å². The summed E-state index contributed by atoms with van der Waals surface area (Å²) in [6.45, 7) is 3.74. The summed E-state index contributed by atoms with van der Waals surface area (Å²) in [5.74, 6) is 1.33. The van der Waals surface area contributed by atoms with Crippen LogP contribution in [-0.2, 0) is 11.4 Å². The van der Waals surface area contributed by atoms with Gasteiger partial charge in [0.15, 0.2) is 17.1 Å². The van der Waals surface area contributed by atoms with E-state index in [1.807, 2.05) is 12.1 Å². The second-order valence-electron chi connectivity index (χ2n) is 7.03. The van der Waals surface area contributed by atoms with Crippen LogP contribution < -0.4 is 19.5 Å². The summed E-state index contributed by atoms with van der Waals surface area (Å²) >= 11 is 5.90. The Labute approximate surface area is 180 Å². The number of carbonyl (C=O) groups excluding carboxylic acids is 1. The van der Waals surface area contributed by atoms with Gasteiger partial charge >= 0.3 is 0 Å². The predicted molar refractivity (Wildman–Crippen MR) is 116 cm³/mol. The number of carbonyl (C=O) groups is 1. The lowest BCUT2D eigenvalue weighted by molar-refractivity contribution is -0.128. The van der Waals surface area contributed by atoms with Crippen LogP contribution in [0.25, 0.3) is 0 Å². The highest BCUT2D eigenvalue weighted by Crippen LogP contribution is 2.31. The van der Waals surface area contributed by atoms with Gasteiger partial charge in [-0.15, -0.1) is 0 Å². The topological polar surface area (TPSA) is 69.7 Å². The molecule has 0 unspecified atom stereocenters. The molecule has 2 aromatic carbocycles. The number of aromatic nitrogens is 1. The van der Waals surface area contributed by atoms with Gasteiger partial charge in [-0.1, -0.05) is 11.6 Å². The molecule has 3 aromatic rings. The summed E-state index contributed by atoms with van der Waals surface area (Å²) in [5.41, 5.74) is 0.434. The second kappa shape index (κ2) is 9.50. The van der Waals surface area contributed by atoms with Gasteiger partial charge in [0.2, 0.25) is 0 Å². The first-order valence-corrected chi connectivity index (χ1v) is 9.71. The highest BCUT2D eigenvalue weighted by atomic mass is 35.5. The molecule has 0 aliphatic heterocycles. The Hall–Kier alpha value is -3.25. The molecular formula is C23H23ClN2O4. The van der Waals surface area contributed by atoms with Crippen LogP contribution >= 0.6 is 11.6 Å². The third-order valence-corrected chi connectivity index (χ3v) is 4.55. The monoisotopic (exact) mass is 426 g/mol. The standard InChI is InChI=1S/C23H23ClN2O4/c1-23(2,30-19-7-4-17(24)5-8-19)22(27)26-18-6-9-20(28-3)21(14-18)29-15-16-10-12-25-13-11-16/h4-14H,15H2,1-3H3,(H,26,27). The second-order valence-corrected chi connectivity index (χ2v) is 7.47. The van der Waals surface area contributed by atoms with Gasteiger partial charge in [0.25, 0.3) is 5.91 Å². The fourth-order valence-corrected chi connectivity index (χ4v) is 2.76. The number of methoxy groups -OCH3 is 1. The van der Waals surface area contributed by atoms with E-state index < -0.39 is 5.60 Å². The Morgan fingerprint density at radius 1 is 1.03 bits per heavy atom. The summed E-state index contributed by atoms with van der Waals surface area (Å²) in [4.78, 5) is 16.8. The third kappa shape index (κ3) is 5.64. The number of nitrogens with zero attached hydrogens (tertiary/aromatic N) is 1. The van der Waals surface area contributed by atoms with E-state index >= 15 is 0 Å². The lowest BCUT2D eigenvalue weighted by atomic mass is 10.1. The molecule has 6 nitrogen and oxygen atoms in total. The van der Waals surface area contributed by atoms with Crippen molar-refractivity contribution in [2.24, 2.45) is 0 Å². The van der Waals surface area contributed by atoms with Crippen LogP contribution in [-0.4, -0.2) is 23.6 Å². The molecule has 0 spiro atoms. The Balaban J connectivity index is 1.70. The van der Waals surface area contributed by atoms with Crippen molar-refractivity contribution in [2.45, 2.75) is 26.1 Å². The molecule has 0 aliphatic carbocycles. The van der Waals surface area contributed by atoms with Crippen molar-refractivity contribution < 1.29 is 19.0 Å². The van der Waals surface area contributed by atoms with Crippen molar-refractivity contribution in [1.29, 1.82) is 0 Å². The van der Waals surface area contributed by atoms with Gasteiger partial charge in [-0.25, -0.2) is 0 Å². The Morgan fingerprint density at radius 2 is 1.73 bits per heavy atom. The van der Waals surface area contributed by atoms with Crippen molar-refractivity contribution in [3.05, 3.63) is 77.6 Å². The van der Waals surface area contributed by atoms with Gasteiger partial charge in [-0.3, -0.25) is 9.78 Å². The maximum Gasteiger partial charge on any atom is 0.267 e. The zero-order valence-electron chi connectivity index (χ0n) is 17.0. The lowest BCUT2D eigenvalue weighted by Crippen LogP contribution is -2.42. The zero-order chi connectivity index (χ0) is 21.6.